The van der Waals surface area contributed by atoms with Crippen LogP contribution in [0.15, 0.2) is 12.7 Å². The first-order valence-corrected chi connectivity index (χ1v) is 8.41. The third-order valence-electron chi connectivity index (χ3n) is 5.39. The summed E-state index contributed by atoms with van der Waals surface area (Å²) in [5, 5.41) is 17.4. The van der Waals surface area contributed by atoms with Crippen LogP contribution in [0.25, 0.3) is 0 Å². The van der Waals surface area contributed by atoms with E-state index in [2.05, 4.69) is 41.2 Å². The minimum absolute atomic E-state index is 0.0321. The minimum atomic E-state index is -0.444. The lowest BCUT2D eigenvalue weighted by Crippen LogP contribution is -2.64. The van der Waals surface area contributed by atoms with Gasteiger partial charge in [0.25, 0.3) is 0 Å². The Bertz CT molecular complexity index is 542. The Balaban J connectivity index is 1.54. The minimum Gasteiger partial charge on any atom is -0.391 e. The van der Waals surface area contributed by atoms with Gasteiger partial charge in [-0.3, -0.25) is 9.48 Å². The van der Waals surface area contributed by atoms with Crippen molar-refractivity contribution in [2.24, 2.45) is 11.3 Å². The summed E-state index contributed by atoms with van der Waals surface area (Å²) in [6.45, 7) is 5.99. The normalized spacial score (nSPS) is 34.0. The third kappa shape index (κ3) is 3.12. The van der Waals surface area contributed by atoms with Gasteiger partial charge in [0.15, 0.2) is 0 Å². The molecule has 1 spiro atoms. The number of aliphatic hydroxyl groups is 1. The Morgan fingerprint density at radius 2 is 2.26 bits per heavy atom. The maximum atomic E-state index is 12.1. The number of aromatic nitrogens is 3. The summed E-state index contributed by atoms with van der Waals surface area (Å²) in [4.78, 5) is 18.4. The first-order valence-electron chi connectivity index (χ1n) is 8.41. The van der Waals surface area contributed by atoms with Crippen LogP contribution in [0.5, 0.6) is 0 Å². The second kappa shape index (κ2) is 6.20. The van der Waals surface area contributed by atoms with Crippen LogP contribution in [0.2, 0.25) is 0 Å². The number of aliphatic hydroxyl groups excluding tert-OH is 1. The number of likely N-dealkylation sites (tertiary alicyclic amines) is 1. The molecule has 2 heterocycles. The molecule has 2 fully saturated rings. The lowest BCUT2D eigenvalue weighted by atomic mass is 9.66. The first kappa shape index (κ1) is 16.4. The molecule has 23 heavy (non-hydrogen) atoms. The molecule has 128 valence electrons. The summed E-state index contributed by atoms with van der Waals surface area (Å²) >= 11 is 0. The van der Waals surface area contributed by atoms with E-state index in [0.717, 1.165) is 19.4 Å². The van der Waals surface area contributed by atoms with Crippen molar-refractivity contribution in [3.63, 3.8) is 0 Å². The van der Waals surface area contributed by atoms with E-state index in [4.69, 9.17) is 0 Å². The third-order valence-corrected chi connectivity index (χ3v) is 5.39. The lowest BCUT2D eigenvalue weighted by molar-refractivity contribution is -0.122. The summed E-state index contributed by atoms with van der Waals surface area (Å²) in [7, 11) is 2.15. The van der Waals surface area contributed by atoms with Gasteiger partial charge in [0.1, 0.15) is 12.7 Å². The van der Waals surface area contributed by atoms with E-state index >= 15 is 0 Å². The van der Waals surface area contributed by atoms with Gasteiger partial charge in [-0.1, -0.05) is 13.8 Å². The molecule has 2 aliphatic rings. The second-order valence-corrected chi connectivity index (χ2v) is 7.52. The zero-order chi connectivity index (χ0) is 16.6. The number of nitrogens with zero attached hydrogens (tertiary/aromatic N) is 4. The Morgan fingerprint density at radius 3 is 2.87 bits per heavy atom. The average molecular weight is 321 g/mol. The van der Waals surface area contributed by atoms with E-state index in [0.29, 0.717) is 24.9 Å². The van der Waals surface area contributed by atoms with Crippen LogP contribution in [-0.2, 0) is 11.3 Å². The molecule has 1 aromatic heterocycles. The Morgan fingerprint density at radius 1 is 1.48 bits per heavy atom. The highest BCUT2D eigenvalue weighted by atomic mass is 16.3. The number of hydrogen-bond acceptors (Lipinski definition) is 5. The van der Waals surface area contributed by atoms with Gasteiger partial charge in [0.05, 0.1) is 18.7 Å². The molecule has 1 amide bonds. The summed E-state index contributed by atoms with van der Waals surface area (Å²) in [6, 6.07) is 0.363. The van der Waals surface area contributed by atoms with Gasteiger partial charge >= 0.3 is 0 Å². The molecule has 1 aliphatic heterocycles. The molecule has 1 aliphatic carbocycles. The molecular formula is C16H27N5O2. The second-order valence-electron chi connectivity index (χ2n) is 7.52. The van der Waals surface area contributed by atoms with Crippen molar-refractivity contribution >= 4 is 5.91 Å². The fourth-order valence-corrected chi connectivity index (χ4v) is 4.84. The van der Waals surface area contributed by atoms with E-state index in [1.807, 2.05) is 0 Å². The lowest BCUT2D eigenvalue weighted by Gasteiger charge is -2.57. The van der Waals surface area contributed by atoms with Crippen LogP contribution < -0.4 is 5.32 Å². The summed E-state index contributed by atoms with van der Waals surface area (Å²) in [5.74, 6) is 0.526. The van der Waals surface area contributed by atoms with Crippen LogP contribution in [-0.4, -0.2) is 62.5 Å². The zero-order valence-corrected chi connectivity index (χ0v) is 14.1. The highest BCUT2D eigenvalue weighted by molar-refractivity contribution is 5.76. The van der Waals surface area contributed by atoms with Gasteiger partial charge in [-0.15, -0.1) is 0 Å². The number of carbonyl (C=O) groups is 1. The molecule has 1 aromatic rings. The molecule has 1 saturated heterocycles. The van der Waals surface area contributed by atoms with Gasteiger partial charge in [0.2, 0.25) is 5.91 Å². The van der Waals surface area contributed by atoms with Crippen molar-refractivity contribution in [1.29, 1.82) is 0 Å². The van der Waals surface area contributed by atoms with Crippen molar-refractivity contribution in [2.45, 2.75) is 57.8 Å². The van der Waals surface area contributed by atoms with Crippen LogP contribution in [0.4, 0.5) is 0 Å². The standard InChI is InChI=1S/C16H27N5O2/c1-11(2)15-16(8-20(15)3)6-12(13(22)7-16)19-14(23)4-5-21-10-17-9-18-21/h9-13,15,22H,4-8H2,1-3H3,(H,19,23)/t12-,13-,15?,16?/m1/s1. The van der Waals surface area contributed by atoms with Crippen LogP contribution in [0.3, 0.4) is 0 Å². The van der Waals surface area contributed by atoms with Crippen molar-refractivity contribution in [3.8, 4) is 0 Å². The number of amides is 1. The Labute approximate surface area is 137 Å². The SMILES string of the molecule is CC(C)C1N(C)CC12C[C@@H](O)[C@H](NC(=O)CCn1cncn1)C2. The summed E-state index contributed by atoms with van der Waals surface area (Å²) in [5.41, 5.74) is 0.159. The molecule has 1 saturated carbocycles. The number of hydrogen-bond donors (Lipinski definition) is 2. The van der Waals surface area contributed by atoms with Crippen molar-refractivity contribution in [3.05, 3.63) is 12.7 Å². The number of rotatable bonds is 5. The molecule has 7 heteroatoms. The van der Waals surface area contributed by atoms with E-state index < -0.39 is 6.10 Å². The maximum absolute atomic E-state index is 12.1. The van der Waals surface area contributed by atoms with Crippen molar-refractivity contribution in [1.82, 2.24) is 25.0 Å². The van der Waals surface area contributed by atoms with Gasteiger partial charge in [0, 0.05) is 24.4 Å². The summed E-state index contributed by atoms with van der Waals surface area (Å²) in [6.07, 6.45) is 4.63. The van der Waals surface area contributed by atoms with Crippen LogP contribution >= 0.6 is 0 Å². The molecule has 0 aromatic carbocycles. The fourth-order valence-electron chi connectivity index (χ4n) is 4.84. The molecular weight excluding hydrogens is 294 g/mol. The molecule has 2 N–H and O–H groups in total. The van der Waals surface area contributed by atoms with Gasteiger partial charge < -0.3 is 15.3 Å². The van der Waals surface area contributed by atoms with Gasteiger partial charge in [-0.05, 0) is 25.8 Å². The smallest absolute Gasteiger partial charge is 0.222 e. The monoisotopic (exact) mass is 321 g/mol. The quantitative estimate of drug-likeness (QED) is 0.813. The van der Waals surface area contributed by atoms with Crippen LogP contribution in [0, 0.1) is 11.3 Å². The number of aryl methyl sites for hydroxylation is 1. The molecule has 7 nitrogen and oxygen atoms in total. The molecule has 3 rings (SSSR count). The number of carbonyl (C=O) groups excluding carboxylic acids is 1. The Hall–Kier alpha value is -1.47. The average Bonchev–Trinajstić information content (AvgIpc) is 3.05. The van der Waals surface area contributed by atoms with Gasteiger partial charge in [-0.25, -0.2) is 4.98 Å². The molecule has 2 unspecified atom stereocenters. The van der Waals surface area contributed by atoms with Crippen LogP contribution in [0.1, 0.15) is 33.1 Å². The van der Waals surface area contributed by atoms with E-state index in [9.17, 15) is 9.90 Å². The maximum Gasteiger partial charge on any atom is 0.222 e. The molecule has 0 radical (unpaired) electrons. The van der Waals surface area contributed by atoms with Crippen molar-refractivity contribution < 1.29 is 9.90 Å². The fraction of sp³-hybridized carbons (Fsp3) is 0.812. The van der Waals surface area contributed by atoms with E-state index in [-0.39, 0.29) is 17.4 Å². The predicted octanol–water partition coefficient (Wildman–Crippen LogP) is 0.264. The zero-order valence-electron chi connectivity index (χ0n) is 14.1. The highest BCUT2D eigenvalue weighted by Crippen LogP contribution is 2.52. The van der Waals surface area contributed by atoms with Gasteiger partial charge in [-0.2, -0.15) is 5.10 Å². The predicted molar refractivity (Wildman–Crippen MR) is 85.5 cm³/mol. The van der Waals surface area contributed by atoms with E-state index in [1.165, 1.54) is 6.33 Å². The highest BCUT2D eigenvalue weighted by Gasteiger charge is 2.58. The summed E-state index contributed by atoms with van der Waals surface area (Å²) < 4.78 is 1.64. The van der Waals surface area contributed by atoms with E-state index in [1.54, 1.807) is 11.0 Å². The topological polar surface area (TPSA) is 83.3 Å². The first-order chi connectivity index (χ1) is 10.9. The largest absolute Gasteiger partial charge is 0.391 e. The molecule has 0 bridgehead atoms. The number of nitrogens with one attached hydrogen (secondary N) is 1. The Kier molecular flexibility index (Phi) is 4.42. The molecule has 4 atom stereocenters. The van der Waals surface area contributed by atoms with Crippen molar-refractivity contribution in [2.75, 3.05) is 13.6 Å².